The summed E-state index contributed by atoms with van der Waals surface area (Å²) < 4.78 is 0. The van der Waals surface area contributed by atoms with Crippen LogP contribution in [-0.4, -0.2) is 43.0 Å². The normalized spacial score (nSPS) is 14.3. The van der Waals surface area contributed by atoms with Crippen LogP contribution in [-0.2, 0) is 9.59 Å². The fourth-order valence-corrected chi connectivity index (χ4v) is 1.42. The third kappa shape index (κ3) is 5.64. The Morgan fingerprint density at radius 2 is 2.07 bits per heavy atom. The van der Waals surface area contributed by atoms with Gasteiger partial charge in [0.15, 0.2) is 0 Å². The first kappa shape index (κ1) is 14.2. The van der Waals surface area contributed by atoms with Crippen molar-refractivity contribution < 1.29 is 9.59 Å². The van der Waals surface area contributed by atoms with Crippen LogP contribution in [0, 0.1) is 0 Å². The maximum atomic E-state index is 11.5. The molecule has 4 N–H and O–H groups in total. The van der Waals surface area contributed by atoms with Crippen LogP contribution in [0.25, 0.3) is 0 Å². The lowest BCUT2D eigenvalue weighted by Crippen LogP contribution is -2.50. The van der Waals surface area contributed by atoms with Crippen LogP contribution in [0.15, 0.2) is 0 Å². The molecule has 0 rings (SSSR count). The third-order valence-corrected chi connectivity index (χ3v) is 2.74. The van der Waals surface area contributed by atoms with Gasteiger partial charge >= 0.3 is 0 Å². The van der Waals surface area contributed by atoms with Gasteiger partial charge in [0, 0.05) is 0 Å². The molecule has 0 aliphatic heterocycles. The molecule has 0 unspecified atom stereocenters. The van der Waals surface area contributed by atoms with Crippen LogP contribution in [0.4, 0.5) is 0 Å². The molecule has 0 heterocycles. The van der Waals surface area contributed by atoms with Crippen molar-refractivity contribution in [2.45, 2.75) is 25.4 Å². The molecule has 0 aliphatic carbocycles. The zero-order valence-corrected chi connectivity index (χ0v) is 10.2. The van der Waals surface area contributed by atoms with E-state index in [0.717, 1.165) is 5.75 Å². The van der Waals surface area contributed by atoms with Gasteiger partial charge in [-0.1, -0.05) is 0 Å². The lowest BCUT2D eigenvalue weighted by atomic mass is 10.2. The highest BCUT2D eigenvalue weighted by atomic mass is 32.2. The molecule has 5 nitrogen and oxygen atoms in total. The lowest BCUT2D eigenvalue weighted by molar-refractivity contribution is -0.128. The number of rotatable bonds is 7. The molecule has 0 saturated heterocycles. The predicted octanol–water partition coefficient (Wildman–Crippen LogP) is -0.682. The van der Waals surface area contributed by atoms with Gasteiger partial charge in [0.05, 0.1) is 6.04 Å². The Bertz CT molecular complexity index is 223. The fraction of sp³-hybridized carbons (Fsp3) is 0.778. The van der Waals surface area contributed by atoms with E-state index in [2.05, 4.69) is 10.6 Å². The summed E-state index contributed by atoms with van der Waals surface area (Å²) in [6.45, 7) is 1.72. The summed E-state index contributed by atoms with van der Waals surface area (Å²) in [4.78, 5) is 22.5. The highest BCUT2D eigenvalue weighted by Crippen LogP contribution is 2.00. The minimum absolute atomic E-state index is 0.206. The molecule has 0 radical (unpaired) electrons. The van der Waals surface area contributed by atoms with Crippen LogP contribution < -0.4 is 16.4 Å². The monoisotopic (exact) mass is 233 g/mol. The maximum Gasteiger partial charge on any atom is 0.240 e. The minimum atomic E-state index is -0.569. The van der Waals surface area contributed by atoms with Crippen molar-refractivity contribution in [3.05, 3.63) is 0 Å². The second-order valence-corrected chi connectivity index (χ2v) is 4.24. The Hall–Kier alpha value is -0.750. The second kappa shape index (κ2) is 7.53. The van der Waals surface area contributed by atoms with Gasteiger partial charge in [-0.3, -0.25) is 9.59 Å². The first-order valence-corrected chi connectivity index (χ1v) is 6.18. The van der Waals surface area contributed by atoms with Gasteiger partial charge in [-0.25, -0.2) is 0 Å². The zero-order valence-electron chi connectivity index (χ0n) is 9.37. The van der Waals surface area contributed by atoms with E-state index < -0.39 is 11.9 Å². The quantitative estimate of drug-likeness (QED) is 0.544. The molecular formula is C9H19N3O2S. The molecule has 0 saturated carbocycles. The first-order chi connectivity index (χ1) is 7.02. The number of hydrogen-bond donors (Lipinski definition) is 3. The van der Waals surface area contributed by atoms with Crippen molar-refractivity contribution in [3.63, 3.8) is 0 Å². The van der Waals surface area contributed by atoms with Gasteiger partial charge in [0.1, 0.15) is 6.04 Å². The summed E-state index contributed by atoms with van der Waals surface area (Å²) in [5.41, 5.74) is 5.18. The summed E-state index contributed by atoms with van der Waals surface area (Å²) in [6, 6.07) is -0.887. The van der Waals surface area contributed by atoms with E-state index in [1.54, 1.807) is 25.7 Å². The Balaban J connectivity index is 4.16. The first-order valence-electron chi connectivity index (χ1n) is 4.78. The van der Waals surface area contributed by atoms with Crippen LogP contribution in [0.1, 0.15) is 13.3 Å². The SMILES string of the molecule is CN[C@@H](C)C(=O)N[C@@H](CCSC)C(N)=O. The third-order valence-electron chi connectivity index (χ3n) is 2.10. The maximum absolute atomic E-state index is 11.5. The summed E-state index contributed by atoms with van der Waals surface area (Å²) in [7, 11) is 1.69. The van der Waals surface area contributed by atoms with Gasteiger partial charge in [-0.2, -0.15) is 11.8 Å². The smallest absolute Gasteiger partial charge is 0.240 e. The van der Waals surface area contributed by atoms with Gasteiger partial charge in [0.25, 0.3) is 0 Å². The molecule has 0 aromatic carbocycles. The number of nitrogens with one attached hydrogen (secondary N) is 2. The van der Waals surface area contributed by atoms with E-state index in [0.29, 0.717) is 6.42 Å². The van der Waals surface area contributed by atoms with Gasteiger partial charge in [-0.05, 0) is 32.4 Å². The van der Waals surface area contributed by atoms with Crippen molar-refractivity contribution in [2.24, 2.45) is 5.73 Å². The molecule has 0 spiro atoms. The largest absolute Gasteiger partial charge is 0.368 e. The van der Waals surface area contributed by atoms with Crippen molar-refractivity contribution >= 4 is 23.6 Å². The molecule has 88 valence electrons. The molecule has 0 aromatic heterocycles. The fourth-order valence-electron chi connectivity index (χ4n) is 0.949. The second-order valence-electron chi connectivity index (χ2n) is 3.26. The molecule has 0 fully saturated rings. The number of thioether (sulfide) groups is 1. The Morgan fingerprint density at radius 1 is 1.47 bits per heavy atom. The van der Waals surface area contributed by atoms with Gasteiger partial charge in [0.2, 0.25) is 11.8 Å². The van der Waals surface area contributed by atoms with E-state index in [9.17, 15) is 9.59 Å². The topological polar surface area (TPSA) is 84.2 Å². The van der Waals surface area contributed by atoms with Crippen LogP contribution in [0.3, 0.4) is 0 Å². The van der Waals surface area contributed by atoms with Crippen molar-refractivity contribution in [1.29, 1.82) is 0 Å². The van der Waals surface area contributed by atoms with Gasteiger partial charge < -0.3 is 16.4 Å². The molecule has 0 bridgehead atoms. The highest BCUT2D eigenvalue weighted by molar-refractivity contribution is 7.98. The summed E-state index contributed by atoms with van der Waals surface area (Å²) in [6.07, 6.45) is 2.51. The average Bonchev–Trinajstić information content (AvgIpc) is 2.22. The van der Waals surface area contributed by atoms with Gasteiger partial charge in [-0.15, -0.1) is 0 Å². The molecule has 2 amide bonds. The lowest BCUT2D eigenvalue weighted by Gasteiger charge is -2.17. The van der Waals surface area contributed by atoms with Crippen molar-refractivity contribution in [3.8, 4) is 0 Å². The molecule has 0 aromatic rings. The van der Waals surface area contributed by atoms with Crippen LogP contribution in [0.5, 0.6) is 0 Å². The summed E-state index contributed by atoms with van der Waals surface area (Å²) in [5, 5.41) is 5.41. The molecule has 2 atom stereocenters. The Morgan fingerprint density at radius 3 is 2.47 bits per heavy atom. The standard InChI is InChI=1S/C9H19N3O2S/c1-6(11-2)9(14)12-7(8(10)13)4-5-15-3/h6-7,11H,4-5H2,1-3H3,(H2,10,13)(H,12,14)/t6-,7-/m0/s1. The summed E-state index contributed by atoms with van der Waals surface area (Å²) >= 11 is 1.61. The number of nitrogens with two attached hydrogens (primary N) is 1. The van der Waals surface area contributed by atoms with Crippen LogP contribution in [0.2, 0.25) is 0 Å². The Labute approximate surface area is 94.5 Å². The number of carbonyl (C=O) groups excluding carboxylic acids is 2. The van der Waals surface area contributed by atoms with E-state index in [-0.39, 0.29) is 11.9 Å². The Kier molecular flexibility index (Phi) is 7.15. The zero-order chi connectivity index (χ0) is 11.8. The van der Waals surface area contributed by atoms with E-state index in [1.165, 1.54) is 0 Å². The van der Waals surface area contributed by atoms with Crippen molar-refractivity contribution in [2.75, 3.05) is 19.1 Å². The highest BCUT2D eigenvalue weighted by Gasteiger charge is 2.19. The van der Waals surface area contributed by atoms with E-state index in [4.69, 9.17) is 5.73 Å². The average molecular weight is 233 g/mol. The number of amides is 2. The number of hydrogen-bond acceptors (Lipinski definition) is 4. The summed E-state index contributed by atoms with van der Waals surface area (Å²) in [5.74, 6) is 0.102. The molecular weight excluding hydrogens is 214 g/mol. The van der Waals surface area contributed by atoms with E-state index in [1.807, 2.05) is 6.26 Å². The number of carbonyl (C=O) groups is 2. The number of likely N-dealkylation sites (N-methyl/N-ethyl adjacent to an activating group) is 1. The molecule has 0 aliphatic rings. The van der Waals surface area contributed by atoms with E-state index >= 15 is 0 Å². The number of primary amides is 1. The van der Waals surface area contributed by atoms with Crippen LogP contribution >= 0.6 is 11.8 Å². The minimum Gasteiger partial charge on any atom is -0.368 e. The molecule has 15 heavy (non-hydrogen) atoms. The predicted molar refractivity (Wildman–Crippen MR) is 62.6 cm³/mol. The van der Waals surface area contributed by atoms with Crippen molar-refractivity contribution in [1.82, 2.24) is 10.6 Å². The molecule has 6 heteroatoms.